The Balaban J connectivity index is 0.000000711. The summed E-state index contributed by atoms with van der Waals surface area (Å²) in [6.07, 6.45) is 0.0167. The van der Waals surface area contributed by atoms with E-state index in [1.54, 1.807) is 24.6 Å². The maximum absolute atomic E-state index is 11.7. The van der Waals surface area contributed by atoms with Gasteiger partial charge in [-0.3, -0.25) is 4.79 Å². The molecule has 0 saturated carbocycles. The number of hydrogen-bond acceptors (Lipinski definition) is 5. The summed E-state index contributed by atoms with van der Waals surface area (Å²) in [5.41, 5.74) is 0. The van der Waals surface area contributed by atoms with Crippen LogP contribution in [-0.4, -0.2) is 39.3 Å². The molecule has 1 heterocycles. The first-order chi connectivity index (χ1) is 8.83. The molecule has 0 radical (unpaired) electrons. The van der Waals surface area contributed by atoms with E-state index in [2.05, 4.69) is 4.72 Å². The predicted molar refractivity (Wildman–Crippen MR) is 68.4 cm³/mol. The Morgan fingerprint density at radius 2 is 2.21 bits per heavy atom. The second kappa shape index (κ2) is 9.81. The zero-order valence-corrected chi connectivity index (χ0v) is 18.0. The monoisotopic (exact) mass is 496 g/mol. The average molecular weight is 495 g/mol. The third-order valence-electron chi connectivity index (χ3n) is 1.92. The molecule has 0 saturated heterocycles. The van der Waals surface area contributed by atoms with E-state index < -0.39 is 16.0 Å². The van der Waals surface area contributed by atoms with Gasteiger partial charge in [0.15, 0.2) is 0 Å². The standard InChI is InChI=1S/C8H12NO3S2.C2H4O2.Hg/c1-7(12-2)6-9-14(10,11)8-4-3-5-13-8;1-2(3)4;/h3-5,7,9H,1,6H2,2H3;1H3,(H,3,4);. The van der Waals surface area contributed by atoms with Crippen molar-refractivity contribution in [2.24, 2.45) is 0 Å². The molecule has 6 nitrogen and oxygen atoms in total. The van der Waals surface area contributed by atoms with Crippen LogP contribution in [0.25, 0.3) is 0 Å². The first kappa shape index (κ1) is 19.0. The summed E-state index contributed by atoms with van der Waals surface area (Å²) in [4.78, 5) is 9.00. The summed E-state index contributed by atoms with van der Waals surface area (Å²) in [7, 11) is -1.71. The molecule has 1 aromatic heterocycles. The van der Waals surface area contributed by atoms with E-state index in [0.29, 0.717) is 36.9 Å². The normalized spacial score (nSPS) is 12.4. The van der Waals surface area contributed by atoms with E-state index in [9.17, 15) is 8.42 Å². The molecule has 0 aliphatic rings. The van der Waals surface area contributed by atoms with Crippen LogP contribution in [-0.2, 0) is 45.7 Å². The van der Waals surface area contributed by atoms with Gasteiger partial charge in [0.1, 0.15) is 0 Å². The molecule has 0 aliphatic heterocycles. The van der Waals surface area contributed by atoms with Crippen LogP contribution >= 0.6 is 11.3 Å². The van der Waals surface area contributed by atoms with Crippen molar-refractivity contribution in [2.75, 3.05) is 13.7 Å². The van der Waals surface area contributed by atoms with Crippen LogP contribution < -0.4 is 4.72 Å². The van der Waals surface area contributed by atoms with E-state index in [1.807, 2.05) is 0 Å². The number of methoxy groups -OCH3 is 1. The Morgan fingerprint density at radius 1 is 1.63 bits per heavy atom. The number of rotatable bonds is 6. The third-order valence-corrected chi connectivity index (χ3v) is 7.24. The summed E-state index contributed by atoms with van der Waals surface area (Å²) in [6, 6.07) is 3.32. The summed E-state index contributed by atoms with van der Waals surface area (Å²) in [5.74, 6) is -0.833. The molecular formula is C10H16HgNO5S2. The van der Waals surface area contributed by atoms with Crippen LogP contribution in [0.1, 0.15) is 6.92 Å². The van der Waals surface area contributed by atoms with Crippen LogP contribution in [0, 0.1) is 0 Å². The summed E-state index contributed by atoms with van der Waals surface area (Å²) < 4.78 is 32.4. The van der Waals surface area contributed by atoms with Crippen LogP contribution in [0.4, 0.5) is 0 Å². The van der Waals surface area contributed by atoms with Gasteiger partial charge in [-0.2, -0.15) is 0 Å². The van der Waals surface area contributed by atoms with E-state index in [0.717, 1.165) is 10.9 Å². The molecule has 0 bridgehead atoms. The number of carboxylic acids is 1. The zero-order valence-electron chi connectivity index (χ0n) is 10.8. The topological polar surface area (TPSA) is 92.7 Å². The first-order valence-electron chi connectivity index (χ1n) is 5.38. The van der Waals surface area contributed by atoms with E-state index in [1.165, 1.54) is 11.3 Å². The number of thiophene rings is 1. The van der Waals surface area contributed by atoms with Crippen LogP contribution in [0.15, 0.2) is 21.7 Å². The summed E-state index contributed by atoms with van der Waals surface area (Å²) in [5, 5.41) is 9.16. The molecule has 0 aliphatic carbocycles. The van der Waals surface area contributed by atoms with Crippen molar-refractivity contribution in [3.05, 3.63) is 17.5 Å². The van der Waals surface area contributed by atoms with Gasteiger partial charge in [-0.05, 0) is 0 Å². The molecule has 1 rings (SSSR count). The number of sulfonamides is 1. The van der Waals surface area contributed by atoms with Gasteiger partial charge in [0, 0.05) is 6.92 Å². The minimum absolute atomic E-state index is 0.0167. The molecule has 19 heavy (non-hydrogen) atoms. The molecule has 0 fully saturated rings. The number of aliphatic carboxylic acids is 1. The van der Waals surface area contributed by atoms with Crippen molar-refractivity contribution in [3.63, 3.8) is 0 Å². The van der Waals surface area contributed by atoms with E-state index in [-0.39, 0.29) is 6.10 Å². The van der Waals surface area contributed by atoms with Crippen molar-refractivity contribution in [3.8, 4) is 0 Å². The fraction of sp³-hybridized carbons (Fsp3) is 0.500. The van der Waals surface area contributed by atoms with Gasteiger partial charge in [0.2, 0.25) is 0 Å². The number of ether oxygens (including phenoxy) is 1. The van der Waals surface area contributed by atoms with Gasteiger partial charge >= 0.3 is 111 Å². The number of carboxylic acid groups (broad SMARTS) is 1. The maximum atomic E-state index is 11.7. The van der Waals surface area contributed by atoms with Gasteiger partial charge in [-0.15, -0.1) is 0 Å². The van der Waals surface area contributed by atoms with Crippen LogP contribution in [0.2, 0.25) is 3.93 Å². The van der Waals surface area contributed by atoms with Gasteiger partial charge in [-0.1, -0.05) is 0 Å². The Bertz CT molecular complexity index is 452. The van der Waals surface area contributed by atoms with Crippen LogP contribution in [0.3, 0.4) is 0 Å². The van der Waals surface area contributed by atoms with Crippen molar-refractivity contribution in [1.82, 2.24) is 4.72 Å². The van der Waals surface area contributed by atoms with E-state index >= 15 is 0 Å². The number of nitrogens with one attached hydrogen (secondary N) is 1. The predicted octanol–water partition coefficient (Wildman–Crippen LogP) is 1.10. The Labute approximate surface area is 133 Å². The second-order valence-corrected chi connectivity index (χ2v) is 8.64. The first-order valence-corrected chi connectivity index (χ1v) is 11.6. The SMILES string of the molecule is CC(=O)O.COC([CH2][Hg])CNS(=O)(=O)c1cccs1. The van der Waals surface area contributed by atoms with Crippen molar-refractivity contribution < 1.29 is 49.2 Å². The fourth-order valence-electron chi connectivity index (χ4n) is 0.993. The summed E-state index contributed by atoms with van der Waals surface area (Å²) in [6.45, 7) is 1.44. The van der Waals surface area contributed by atoms with Crippen LogP contribution in [0.5, 0.6) is 0 Å². The van der Waals surface area contributed by atoms with Gasteiger partial charge in [-0.25, -0.2) is 0 Å². The molecular weight excluding hydrogens is 479 g/mol. The Kier molecular flexibility index (Phi) is 9.80. The van der Waals surface area contributed by atoms with Gasteiger partial charge in [0.05, 0.1) is 0 Å². The molecule has 1 unspecified atom stereocenters. The summed E-state index contributed by atoms with van der Waals surface area (Å²) >= 11 is 1.84. The van der Waals surface area contributed by atoms with Gasteiger partial charge < -0.3 is 5.11 Å². The Morgan fingerprint density at radius 3 is 2.58 bits per heavy atom. The second-order valence-electron chi connectivity index (χ2n) is 3.45. The number of carbonyl (C=O) groups is 1. The minimum atomic E-state index is -3.32. The van der Waals surface area contributed by atoms with Crippen molar-refractivity contribution in [1.29, 1.82) is 0 Å². The number of hydrogen-bond donors (Lipinski definition) is 2. The quantitative estimate of drug-likeness (QED) is 0.578. The Hall–Kier alpha value is -0.0249. The van der Waals surface area contributed by atoms with Crippen molar-refractivity contribution >= 4 is 27.3 Å². The average Bonchev–Trinajstić information content (AvgIpc) is 2.83. The molecule has 2 N–H and O–H groups in total. The molecule has 0 amide bonds. The fourth-order valence-corrected chi connectivity index (χ4v) is 4.81. The molecule has 0 aromatic carbocycles. The van der Waals surface area contributed by atoms with Crippen molar-refractivity contribution in [2.45, 2.75) is 21.2 Å². The third kappa shape index (κ3) is 8.69. The van der Waals surface area contributed by atoms with E-state index in [4.69, 9.17) is 14.6 Å². The molecule has 105 valence electrons. The molecule has 0 spiro atoms. The molecule has 9 heteroatoms. The molecule has 1 aromatic rings. The zero-order chi connectivity index (χ0) is 14.9. The molecule has 1 atom stereocenters. The van der Waals surface area contributed by atoms with Gasteiger partial charge in [0.25, 0.3) is 5.97 Å².